The molecule has 8 heavy (non-hydrogen) atoms. The van der Waals surface area contributed by atoms with Crippen LogP contribution in [0.4, 0.5) is 0 Å². The monoisotopic (exact) mass is 388 g/mol. The number of hydrogen-bond donors (Lipinski definition) is 0. The molecule has 8 heteroatoms. The third-order valence-electron chi connectivity index (χ3n) is 0. The SMILES string of the molecule is O=[Si]=O.[Ce+3].[Ce+3].[O-2].[O-2].[O-2]. The van der Waals surface area contributed by atoms with Gasteiger partial charge in [-0.15, -0.1) is 0 Å². The Balaban J connectivity index is -0.00000000200. The van der Waals surface area contributed by atoms with Crippen LogP contribution in [-0.2, 0) is 25.4 Å². The first-order chi connectivity index (χ1) is 1.41. The molecule has 0 fully saturated rings. The Morgan fingerprint density at radius 1 is 0.750 bits per heavy atom. The van der Waals surface area contributed by atoms with E-state index in [1.807, 2.05) is 0 Å². The summed E-state index contributed by atoms with van der Waals surface area (Å²) in [5, 5.41) is 0. The second kappa shape index (κ2) is 56.7. The van der Waals surface area contributed by atoms with Gasteiger partial charge in [-0.05, 0) is 0 Å². The quantitative estimate of drug-likeness (QED) is 0.496. The van der Waals surface area contributed by atoms with Crippen molar-refractivity contribution in [3.63, 3.8) is 0 Å². The van der Waals surface area contributed by atoms with Gasteiger partial charge in [-0.25, -0.2) is 0 Å². The average molecular weight is 388 g/mol. The molecule has 0 aromatic heterocycles. The van der Waals surface area contributed by atoms with Gasteiger partial charge in [0.15, 0.2) is 0 Å². The van der Waals surface area contributed by atoms with Crippen LogP contribution in [0.2, 0.25) is 0 Å². The maximum Gasteiger partial charge on any atom is 3.00 e. The van der Waals surface area contributed by atoms with Crippen molar-refractivity contribution in [3.05, 3.63) is 0 Å². The summed E-state index contributed by atoms with van der Waals surface area (Å²) in [6, 6.07) is 0. The molecule has 42 valence electrons. The van der Waals surface area contributed by atoms with E-state index in [0.29, 0.717) is 0 Å². The van der Waals surface area contributed by atoms with Crippen molar-refractivity contribution in [2.24, 2.45) is 0 Å². The molecule has 5 nitrogen and oxygen atoms in total. The summed E-state index contributed by atoms with van der Waals surface area (Å²) >= 11 is 0. The molecule has 0 aliphatic carbocycles. The Kier molecular flexibility index (Phi) is 334. The fraction of sp³-hybridized carbons (Fsp3) is 0. The normalized spacial score (nSPS) is 1.00. The van der Waals surface area contributed by atoms with Gasteiger partial charge < -0.3 is 16.4 Å². The molecular weight excluding hydrogens is 388 g/mol. The molecule has 0 rings (SSSR count). The molecule has 0 amide bonds. The summed E-state index contributed by atoms with van der Waals surface area (Å²) < 4.78 is 16.8. The van der Waals surface area contributed by atoms with E-state index < -0.39 is 9.29 Å². The second-order valence-corrected chi connectivity index (χ2v) is 0.250. The van der Waals surface area contributed by atoms with E-state index in [9.17, 15) is 0 Å². The van der Waals surface area contributed by atoms with Gasteiger partial charge in [0, 0.05) is 0 Å². The average Bonchev–Trinajstić information content (AvgIpc) is 0.918. The molecule has 0 saturated carbocycles. The predicted molar refractivity (Wildman–Crippen MR) is 9.19 cm³/mol. The Hall–Kier alpha value is 2.45. The van der Waals surface area contributed by atoms with Crippen molar-refractivity contribution in [2.45, 2.75) is 0 Å². The zero-order valence-electron chi connectivity index (χ0n) is 3.54. The molecule has 0 aromatic carbocycles. The summed E-state index contributed by atoms with van der Waals surface area (Å²) in [4.78, 5) is 0. The first-order valence-electron chi connectivity index (χ1n) is 0.408. The first kappa shape index (κ1) is 47.1. The van der Waals surface area contributed by atoms with Crippen molar-refractivity contribution in [1.29, 1.82) is 0 Å². The summed E-state index contributed by atoms with van der Waals surface area (Å²) in [7, 11) is -1.42. The number of hydrogen-bond acceptors (Lipinski definition) is 2. The fourth-order valence-corrected chi connectivity index (χ4v) is 0. The zero-order chi connectivity index (χ0) is 2.71. The Bertz CT molecular complexity index is 31.4. The largest absolute Gasteiger partial charge is 3.00 e. The summed E-state index contributed by atoms with van der Waals surface area (Å²) in [6.07, 6.45) is 0. The molecule has 0 aromatic rings. The molecule has 0 N–H and O–H groups in total. The van der Waals surface area contributed by atoms with E-state index >= 15 is 0 Å². The Morgan fingerprint density at radius 3 is 0.750 bits per heavy atom. The van der Waals surface area contributed by atoms with Crippen LogP contribution < -0.4 is 0 Å². The molecule has 0 aliphatic rings. The van der Waals surface area contributed by atoms with E-state index in [4.69, 9.17) is 8.92 Å². The fourth-order valence-electron chi connectivity index (χ4n) is 0. The van der Waals surface area contributed by atoms with Gasteiger partial charge in [0.1, 0.15) is 0 Å². The van der Waals surface area contributed by atoms with Crippen molar-refractivity contribution in [1.82, 2.24) is 0 Å². The van der Waals surface area contributed by atoms with Crippen molar-refractivity contribution >= 4 is 9.29 Å². The molecule has 0 unspecified atom stereocenters. The molecule has 0 bridgehead atoms. The van der Waals surface area contributed by atoms with Crippen LogP contribution in [0.25, 0.3) is 0 Å². The smallest absolute Gasteiger partial charge is 2.00 e. The van der Waals surface area contributed by atoms with Crippen LogP contribution in [0.3, 0.4) is 0 Å². The minimum absolute atomic E-state index is 0. The minimum atomic E-state index is -1.42. The molecule has 2 radical (unpaired) electrons. The van der Waals surface area contributed by atoms with Crippen molar-refractivity contribution < 1.29 is 109 Å². The van der Waals surface area contributed by atoms with Crippen LogP contribution in [0.1, 0.15) is 0 Å². The summed E-state index contributed by atoms with van der Waals surface area (Å²) in [5.41, 5.74) is 0. The van der Waals surface area contributed by atoms with E-state index in [0.717, 1.165) is 0 Å². The van der Waals surface area contributed by atoms with E-state index in [1.54, 1.807) is 0 Å². The predicted octanol–water partition coefficient (Wildman–Crippen LogP) is -0.975. The third kappa shape index (κ3) is 78.1. The van der Waals surface area contributed by atoms with Gasteiger partial charge in [0.25, 0.3) is 0 Å². The van der Waals surface area contributed by atoms with Gasteiger partial charge in [-0.1, -0.05) is 0 Å². The van der Waals surface area contributed by atoms with E-state index in [1.165, 1.54) is 0 Å². The maximum atomic E-state index is 8.40. The van der Waals surface area contributed by atoms with Crippen molar-refractivity contribution in [2.75, 3.05) is 0 Å². The maximum absolute atomic E-state index is 8.40. The van der Waals surface area contributed by atoms with E-state index in [-0.39, 0.29) is 99.9 Å². The summed E-state index contributed by atoms with van der Waals surface area (Å²) in [6.45, 7) is 0. The second-order valence-electron chi connectivity index (χ2n) is 0.0833. The summed E-state index contributed by atoms with van der Waals surface area (Å²) in [5.74, 6) is 0. The minimum Gasteiger partial charge on any atom is -2.00 e. The Morgan fingerprint density at radius 2 is 0.750 bits per heavy atom. The molecular formula is Ce2O5Si. The van der Waals surface area contributed by atoms with Crippen LogP contribution in [0.5, 0.6) is 0 Å². The standard InChI is InChI=1S/2Ce.O2Si.3O/c;;1-3-2;;;/q2*+3;;3*-2. The Labute approximate surface area is 116 Å². The molecule has 0 spiro atoms. The molecule has 0 saturated heterocycles. The number of rotatable bonds is 0. The van der Waals surface area contributed by atoms with Crippen molar-refractivity contribution in [3.8, 4) is 0 Å². The van der Waals surface area contributed by atoms with Gasteiger partial charge in [0.05, 0.1) is 0 Å². The topological polar surface area (TPSA) is 120 Å². The van der Waals surface area contributed by atoms with Crippen LogP contribution in [-0.4, -0.2) is 9.29 Å². The van der Waals surface area contributed by atoms with Gasteiger partial charge in [-0.2, -0.15) is 0 Å². The van der Waals surface area contributed by atoms with Crippen LogP contribution >= 0.6 is 0 Å². The molecule has 0 atom stereocenters. The van der Waals surface area contributed by atoms with E-state index in [2.05, 4.69) is 0 Å². The van der Waals surface area contributed by atoms with Crippen LogP contribution in [0.15, 0.2) is 0 Å². The van der Waals surface area contributed by atoms with Gasteiger partial charge in [-0.3, -0.25) is 8.92 Å². The van der Waals surface area contributed by atoms with Gasteiger partial charge >= 0.3 is 92.8 Å². The molecule has 0 aliphatic heterocycles. The zero-order valence-corrected chi connectivity index (χ0v) is 10.8. The molecule has 0 heterocycles. The first-order valence-corrected chi connectivity index (χ1v) is 1.22. The van der Waals surface area contributed by atoms with Crippen LogP contribution in [0, 0.1) is 83.5 Å². The third-order valence-corrected chi connectivity index (χ3v) is 0. The van der Waals surface area contributed by atoms with Gasteiger partial charge in [0.2, 0.25) is 0 Å².